The van der Waals surface area contributed by atoms with Gasteiger partial charge in [-0.1, -0.05) is 12.1 Å². The first-order valence-corrected chi connectivity index (χ1v) is 10.1. The summed E-state index contributed by atoms with van der Waals surface area (Å²) in [6.07, 6.45) is 3.74. The lowest BCUT2D eigenvalue weighted by Crippen LogP contribution is -2.20. The van der Waals surface area contributed by atoms with Crippen LogP contribution >= 0.6 is 0 Å². The number of carbonyl (C=O) groups is 1. The second kappa shape index (κ2) is 9.30. The molecule has 0 aliphatic rings. The number of nitrogen functional groups attached to an aromatic ring is 1. The SMILES string of the molecule is CCOc1ccccc1NC(=O)COc1cccn2cc(-c3ccc(OC)c(N)c3)nc12. The molecule has 3 N–H and O–H groups in total. The number of imidazole rings is 1. The van der Waals surface area contributed by atoms with E-state index >= 15 is 0 Å². The molecule has 8 nitrogen and oxygen atoms in total. The summed E-state index contributed by atoms with van der Waals surface area (Å²) < 4.78 is 18.4. The molecule has 0 aliphatic heterocycles. The molecule has 0 saturated heterocycles. The molecule has 0 unspecified atom stereocenters. The maximum absolute atomic E-state index is 12.5. The van der Waals surface area contributed by atoms with Gasteiger partial charge in [0.05, 0.1) is 30.8 Å². The van der Waals surface area contributed by atoms with Crippen molar-refractivity contribution in [3.8, 4) is 28.5 Å². The Bertz CT molecular complexity index is 1250. The van der Waals surface area contributed by atoms with Crippen LogP contribution in [0.5, 0.6) is 17.2 Å². The van der Waals surface area contributed by atoms with E-state index < -0.39 is 0 Å². The van der Waals surface area contributed by atoms with E-state index in [1.165, 1.54) is 0 Å². The summed E-state index contributed by atoms with van der Waals surface area (Å²) in [4.78, 5) is 17.1. The van der Waals surface area contributed by atoms with Crippen LogP contribution in [-0.4, -0.2) is 35.6 Å². The summed E-state index contributed by atoms with van der Waals surface area (Å²) in [6.45, 7) is 2.23. The number of rotatable bonds is 8. The first-order valence-electron chi connectivity index (χ1n) is 10.1. The molecule has 0 saturated carbocycles. The highest BCUT2D eigenvalue weighted by Crippen LogP contribution is 2.30. The maximum Gasteiger partial charge on any atom is 0.262 e. The summed E-state index contributed by atoms with van der Waals surface area (Å²) in [6, 6.07) is 16.4. The number of carbonyl (C=O) groups excluding carboxylic acids is 1. The number of pyridine rings is 1. The van der Waals surface area contributed by atoms with Crippen LogP contribution in [0.1, 0.15) is 6.92 Å². The second-order valence-electron chi connectivity index (χ2n) is 6.95. The number of fused-ring (bicyclic) bond motifs is 1. The minimum Gasteiger partial charge on any atom is -0.495 e. The van der Waals surface area contributed by atoms with Gasteiger partial charge in [-0.15, -0.1) is 0 Å². The third-order valence-electron chi connectivity index (χ3n) is 4.79. The molecule has 2 heterocycles. The van der Waals surface area contributed by atoms with Gasteiger partial charge in [0.25, 0.3) is 5.91 Å². The lowest BCUT2D eigenvalue weighted by atomic mass is 10.1. The van der Waals surface area contributed by atoms with E-state index in [2.05, 4.69) is 10.3 Å². The zero-order valence-corrected chi connectivity index (χ0v) is 17.9. The normalized spacial score (nSPS) is 10.7. The van der Waals surface area contributed by atoms with Crippen LogP contribution in [0, 0.1) is 0 Å². The fraction of sp³-hybridized carbons (Fsp3) is 0.167. The van der Waals surface area contributed by atoms with Gasteiger partial charge in [0.1, 0.15) is 11.5 Å². The van der Waals surface area contributed by atoms with Crippen LogP contribution < -0.4 is 25.3 Å². The first kappa shape index (κ1) is 21.0. The fourth-order valence-electron chi connectivity index (χ4n) is 3.31. The van der Waals surface area contributed by atoms with E-state index in [0.29, 0.717) is 40.9 Å². The molecular formula is C24H24N4O4. The molecular weight excluding hydrogens is 408 g/mol. The second-order valence-corrected chi connectivity index (χ2v) is 6.95. The number of nitrogens with two attached hydrogens (primary N) is 1. The van der Waals surface area contributed by atoms with Crippen LogP contribution in [0.2, 0.25) is 0 Å². The van der Waals surface area contributed by atoms with Crippen molar-refractivity contribution in [2.24, 2.45) is 0 Å². The fourth-order valence-corrected chi connectivity index (χ4v) is 3.31. The minimum absolute atomic E-state index is 0.169. The Kier molecular flexibility index (Phi) is 6.12. The molecule has 0 fully saturated rings. The van der Waals surface area contributed by atoms with Crippen molar-refractivity contribution in [3.63, 3.8) is 0 Å². The minimum atomic E-state index is -0.297. The molecule has 2 aromatic heterocycles. The molecule has 8 heteroatoms. The van der Waals surface area contributed by atoms with Gasteiger partial charge in [0.2, 0.25) is 0 Å². The van der Waals surface area contributed by atoms with E-state index in [1.54, 1.807) is 31.4 Å². The summed E-state index contributed by atoms with van der Waals surface area (Å²) in [5.74, 6) is 1.42. The third kappa shape index (κ3) is 4.44. The number of hydrogen-bond donors (Lipinski definition) is 2. The van der Waals surface area contributed by atoms with Crippen LogP contribution in [0.3, 0.4) is 0 Å². The van der Waals surface area contributed by atoms with Crippen molar-refractivity contribution >= 4 is 22.9 Å². The monoisotopic (exact) mass is 432 g/mol. The summed E-state index contributed by atoms with van der Waals surface area (Å²) in [5, 5.41) is 2.82. The zero-order valence-electron chi connectivity index (χ0n) is 17.9. The van der Waals surface area contributed by atoms with Crippen molar-refractivity contribution in [2.45, 2.75) is 6.92 Å². The number of nitrogens with zero attached hydrogens (tertiary/aromatic N) is 2. The van der Waals surface area contributed by atoms with Gasteiger partial charge in [0.15, 0.2) is 18.0 Å². The molecule has 4 aromatic rings. The number of hydrogen-bond acceptors (Lipinski definition) is 6. The van der Waals surface area contributed by atoms with Crippen LogP contribution in [0.4, 0.5) is 11.4 Å². The van der Waals surface area contributed by atoms with Gasteiger partial charge < -0.3 is 29.7 Å². The van der Waals surface area contributed by atoms with Gasteiger partial charge in [-0.05, 0) is 49.4 Å². The molecule has 4 rings (SSSR count). The predicted molar refractivity (Wildman–Crippen MR) is 123 cm³/mol. The van der Waals surface area contributed by atoms with Gasteiger partial charge in [0, 0.05) is 18.0 Å². The Hall–Kier alpha value is -4.20. The molecule has 0 atom stereocenters. The molecule has 1 amide bonds. The van der Waals surface area contributed by atoms with E-state index in [-0.39, 0.29) is 12.5 Å². The largest absolute Gasteiger partial charge is 0.495 e. The highest BCUT2D eigenvalue weighted by molar-refractivity contribution is 5.93. The topological polar surface area (TPSA) is 100 Å². The number of amides is 1. The lowest BCUT2D eigenvalue weighted by molar-refractivity contribution is -0.118. The van der Waals surface area contributed by atoms with Crippen LogP contribution in [0.25, 0.3) is 16.9 Å². The summed E-state index contributed by atoms with van der Waals surface area (Å²) in [7, 11) is 1.57. The van der Waals surface area contributed by atoms with Gasteiger partial charge in [-0.2, -0.15) is 0 Å². The number of benzene rings is 2. The lowest BCUT2D eigenvalue weighted by Gasteiger charge is -2.12. The molecule has 164 valence electrons. The highest BCUT2D eigenvalue weighted by Gasteiger charge is 2.13. The Balaban J connectivity index is 1.50. The van der Waals surface area contributed by atoms with Crippen molar-refractivity contribution in [1.29, 1.82) is 0 Å². The van der Waals surface area contributed by atoms with Gasteiger partial charge >= 0.3 is 0 Å². The molecule has 0 spiro atoms. The molecule has 0 radical (unpaired) electrons. The Morgan fingerprint density at radius 3 is 2.66 bits per heavy atom. The number of ether oxygens (including phenoxy) is 3. The highest BCUT2D eigenvalue weighted by atomic mass is 16.5. The molecule has 2 aromatic carbocycles. The van der Waals surface area contributed by atoms with Crippen molar-refractivity contribution in [2.75, 3.05) is 31.4 Å². The van der Waals surface area contributed by atoms with E-state index in [9.17, 15) is 4.79 Å². The Morgan fingerprint density at radius 2 is 1.88 bits per heavy atom. The maximum atomic E-state index is 12.5. The van der Waals surface area contributed by atoms with Crippen molar-refractivity contribution < 1.29 is 19.0 Å². The Labute approximate surface area is 185 Å². The van der Waals surface area contributed by atoms with Crippen molar-refractivity contribution in [1.82, 2.24) is 9.38 Å². The zero-order chi connectivity index (χ0) is 22.5. The van der Waals surface area contributed by atoms with Crippen LogP contribution in [0.15, 0.2) is 67.0 Å². The summed E-state index contributed by atoms with van der Waals surface area (Å²) in [5.41, 5.74) is 9.33. The van der Waals surface area contributed by atoms with Crippen molar-refractivity contribution in [3.05, 3.63) is 67.0 Å². The number of anilines is 2. The number of aromatic nitrogens is 2. The van der Waals surface area contributed by atoms with E-state index in [0.717, 1.165) is 11.3 Å². The molecule has 32 heavy (non-hydrogen) atoms. The predicted octanol–water partition coefficient (Wildman–Crippen LogP) is 4.01. The van der Waals surface area contributed by atoms with Crippen LogP contribution in [-0.2, 0) is 4.79 Å². The van der Waals surface area contributed by atoms with E-state index in [1.807, 2.05) is 54.0 Å². The molecule has 0 bridgehead atoms. The van der Waals surface area contributed by atoms with E-state index in [4.69, 9.17) is 19.9 Å². The average molecular weight is 432 g/mol. The summed E-state index contributed by atoms with van der Waals surface area (Å²) >= 11 is 0. The standard InChI is InChI=1S/C24H24N4O4/c1-3-31-21-8-5-4-7-18(21)26-23(29)15-32-22-9-6-12-28-14-19(27-24(22)28)16-10-11-20(30-2)17(25)13-16/h4-14H,3,15,25H2,1-2H3,(H,26,29). The third-order valence-corrected chi connectivity index (χ3v) is 4.79. The first-order chi connectivity index (χ1) is 15.6. The number of nitrogens with one attached hydrogen (secondary N) is 1. The molecule has 0 aliphatic carbocycles. The number of methoxy groups -OCH3 is 1. The van der Waals surface area contributed by atoms with Gasteiger partial charge in [-0.25, -0.2) is 4.98 Å². The average Bonchev–Trinajstić information content (AvgIpc) is 3.24. The number of para-hydroxylation sites is 2. The quantitative estimate of drug-likeness (QED) is 0.408. The smallest absolute Gasteiger partial charge is 0.262 e. The Morgan fingerprint density at radius 1 is 1.06 bits per heavy atom. The van der Waals surface area contributed by atoms with Gasteiger partial charge in [-0.3, -0.25) is 4.79 Å².